The number of nitrogens with two attached hydrogens (primary N) is 1. The van der Waals surface area contributed by atoms with Crippen LogP contribution in [0.15, 0.2) is 18.5 Å². The SMILES string of the molecule is CN(C)c1ccncc1NC(=O)C1CCCC1N. The highest BCUT2D eigenvalue weighted by molar-refractivity contribution is 5.96. The lowest BCUT2D eigenvalue weighted by Crippen LogP contribution is -2.34. The number of carbonyl (C=O) groups excluding carboxylic acids is 1. The maximum atomic E-state index is 12.2. The second-order valence-corrected chi connectivity index (χ2v) is 4.98. The Morgan fingerprint density at radius 1 is 1.50 bits per heavy atom. The molecule has 1 aromatic rings. The minimum Gasteiger partial charge on any atom is -0.376 e. The molecule has 0 radical (unpaired) electrons. The molecule has 0 spiro atoms. The first-order valence-electron chi connectivity index (χ1n) is 6.27. The van der Waals surface area contributed by atoms with Gasteiger partial charge in [-0.25, -0.2) is 0 Å². The molecule has 1 aliphatic rings. The Labute approximate surface area is 107 Å². The highest BCUT2D eigenvalue weighted by atomic mass is 16.1. The van der Waals surface area contributed by atoms with E-state index >= 15 is 0 Å². The van der Waals surface area contributed by atoms with E-state index in [1.807, 2.05) is 25.1 Å². The Morgan fingerprint density at radius 3 is 2.89 bits per heavy atom. The van der Waals surface area contributed by atoms with Gasteiger partial charge in [0, 0.05) is 26.3 Å². The molecule has 0 bridgehead atoms. The fourth-order valence-corrected chi connectivity index (χ4v) is 2.41. The summed E-state index contributed by atoms with van der Waals surface area (Å²) in [5.74, 6) is -0.0590. The standard InChI is InChI=1S/C13H20N4O/c1-17(2)12-6-7-15-8-11(12)16-13(18)9-4-3-5-10(9)14/h6-10H,3-5,14H2,1-2H3,(H,16,18). The van der Waals surface area contributed by atoms with Crippen LogP contribution < -0.4 is 16.0 Å². The van der Waals surface area contributed by atoms with Gasteiger partial charge >= 0.3 is 0 Å². The maximum absolute atomic E-state index is 12.2. The van der Waals surface area contributed by atoms with E-state index in [0.29, 0.717) is 0 Å². The van der Waals surface area contributed by atoms with E-state index < -0.39 is 0 Å². The number of aromatic nitrogens is 1. The summed E-state index contributed by atoms with van der Waals surface area (Å²) in [5, 5.41) is 2.94. The number of amides is 1. The van der Waals surface area contributed by atoms with Crippen LogP contribution in [0.1, 0.15) is 19.3 Å². The van der Waals surface area contributed by atoms with Crippen molar-refractivity contribution >= 4 is 17.3 Å². The van der Waals surface area contributed by atoms with Gasteiger partial charge in [-0.2, -0.15) is 0 Å². The normalized spacial score (nSPS) is 22.8. The molecule has 2 rings (SSSR count). The van der Waals surface area contributed by atoms with Gasteiger partial charge < -0.3 is 16.0 Å². The van der Waals surface area contributed by atoms with Gasteiger partial charge in [-0.05, 0) is 18.9 Å². The van der Waals surface area contributed by atoms with Crippen LogP contribution >= 0.6 is 0 Å². The fraction of sp³-hybridized carbons (Fsp3) is 0.538. The van der Waals surface area contributed by atoms with Gasteiger partial charge in [0.2, 0.25) is 5.91 Å². The molecule has 1 aromatic heterocycles. The largest absolute Gasteiger partial charge is 0.376 e. The summed E-state index contributed by atoms with van der Waals surface area (Å²) in [5.41, 5.74) is 7.64. The zero-order valence-electron chi connectivity index (χ0n) is 10.9. The van der Waals surface area contributed by atoms with Gasteiger partial charge in [0.05, 0.1) is 23.5 Å². The molecule has 98 valence electrons. The Kier molecular flexibility index (Phi) is 3.81. The molecule has 18 heavy (non-hydrogen) atoms. The van der Waals surface area contributed by atoms with E-state index in [1.54, 1.807) is 12.4 Å². The van der Waals surface area contributed by atoms with Crippen molar-refractivity contribution < 1.29 is 4.79 Å². The van der Waals surface area contributed by atoms with E-state index in [0.717, 1.165) is 30.6 Å². The topological polar surface area (TPSA) is 71.2 Å². The van der Waals surface area contributed by atoms with Crippen molar-refractivity contribution in [2.45, 2.75) is 25.3 Å². The molecule has 1 saturated carbocycles. The first-order chi connectivity index (χ1) is 8.59. The predicted octanol–water partition coefficient (Wildman–Crippen LogP) is 1.21. The van der Waals surface area contributed by atoms with Crippen LogP contribution in [0.25, 0.3) is 0 Å². The van der Waals surface area contributed by atoms with Crippen LogP contribution in [0.5, 0.6) is 0 Å². The summed E-state index contributed by atoms with van der Waals surface area (Å²) in [6, 6.07) is 1.87. The lowest BCUT2D eigenvalue weighted by molar-refractivity contribution is -0.120. The van der Waals surface area contributed by atoms with Gasteiger partial charge in [-0.3, -0.25) is 9.78 Å². The summed E-state index contributed by atoms with van der Waals surface area (Å²) in [6.45, 7) is 0. The van der Waals surface area contributed by atoms with Crippen molar-refractivity contribution in [2.75, 3.05) is 24.3 Å². The monoisotopic (exact) mass is 248 g/mol. The van der Waals surface area contributed by atoms with Crippen molar-refractivity contribution in [3.8, 4) is 0 Å². The van der Waals surface area contributed by atoms with Crippen molar-refractivity contribution in [3.63, 3.8) is 0 Å². The average molecular weight is 248 g/mol. The number of hydrogen-bond acceptors (Lipinski definition) is 4. The minimum absolute atomic E-state index is 0.00974. The molecular weight excluding hydrogens is 228 g/mol. The zero-order valence-corrected chi connectivity index (χ0v) is 10.9. The van der Waals surface area contributed by atoms with E-state index in [4.69, 9.17) is 5.73 Å². The molecule has 0 aliphatic heterocycles. The molecule has 2 unspecified atom stereocenters. The summed E-state index contributed by atoms with van der Waals surface area (Å²) in [7, 11) is 3.87. The van der Waals surface area contributed by atoms with Crippen molar-refractivity contribution in [1.82, 2.24) is 4.98 Å². The molecule has 0 saturated heterocycles. The van der Waals surface area contributed by atoms with Gasteiger partial charge in [0.1, 0.15) is 0 Å². The number of nitrogens with one attached hydrogen (secondary N) is 1. The van der Waals surface area contributed by atoms with Crippen molar-refractivity contribution in [1.29, 1.82) is 0 Å². The highest BCUT2D eigenvalue weighted by Crippen LogP contribution is 2.27. The van der Waals surface area contributed by atoms with Gasteiger partial charge in [0.25, 0.3) is 0 Å². The first-order valence-corrected chi connectivity index (χ1v) is 6.27. The lowest BCUT2D eigenvalue weighted by atomic mass is 10.0. The predicted molar refractivity (Wildman–Crippen MR) is 72.5 cm³/mol. The Hall–Kier alpha value is -1.62. The molecule has 5 nitrogen and oxygen atoms in total. The molecule has 1 fully saturated rings. The highest BCUT2D eigenvalue weighted by Gasteiger charge is 2.30. The average Bonchev–Trinajstić information content (AvgIpc) is 2.76. The fourth-order valence-electron chi connectivity index (χ4n) is 2.41. The number of anilines is 2. The van der Waals surface area contributed by atoms with Crippen LogP contribution in [0.4, 0.5) is 11.4 Å². The molecule has 5 heteroatoms. The van der Waals surface area contributed by atoms with Crippen LogP contribution in [0, 0.1) is 5.92 Å². The summed E-state index contributed by atoms with van der Waals surface area (Å²) in [6.07, 6.45) is 6.24. The summed E-state index contributed by atoms with van der Waals surface area (Å²) in [4.78, 5) is 18.2. The van der Waals surface area contributed by atoms with E-state index in [1.165, 1.54) is 0 Å². The summed E-state index contributed by atoms with van der Waals surface area (Å²) < 4.78 is 0. The summed E-state index contributed by atoms with van der Waals surface area (Å²) >= 11 is 0. The van der Waals surface area contributed by atoms with Crippen molar-refractivity contribution in [3.05, 3.63) is 18.5 Å². The third kappa shape index (κ3) is 2.61. The van der Waals surface area contributed by atoms with Crippen molar-refractivity contribution in [2.24, 2.45) is 11.7 Å². The van der Waals surface area contributed by atoms with E-state index in [-0.39, 0.29) is 17.9 Å². The molecule has 3 N–H and O–H groups in total. The lowest BCUT2D eigenvalue weighted by Gasteiger charge is -2.20. The second-order valence-electron chi connectivity index (χ2n) is 4.98. The third-order valence-electron chi connectivity index (χ3n) is 3.44. The Morgan fingerprint density at radius 2 is 2.28 bits per heavy atom. The second kappa shape index (κ2) is 5.35. The molecule has 0 aromatic carbocycles. The van der Waals surface area contributed by atoms with E-state index in [2.05, 4.69) is 10.3 Å². The number of rotatable bonds is 3. The Bertz CT molecular complexity index is 433. The van der Waals surface area contributed by atoms with Gasteiger partial charge in [-0.15, -0.1) is 0 Å². The molecule has 2 atom stereocenters. The quantitative estimate of drug-likeness (QED) is 0.843. The number of hydrogen-bond donors (Lipinski definition) is 2. The first kappa shape index (κ1) is 12.8. The maximum Gasteiger partial charge on any atom is 0.229 e. The zero-order chi connectivity index (χ0) is 13.1. The number of nitrogens with zero attached hydrogens (tertiary/aromatic N) is 2. The Balaban J connectivity index is 2.11. The molecule has 1 heterocycles. The molecule has 1 amide bonds. The van der Waals surface area contributed by atoms with Crippen LogP contribution in [0.2, 0.25) is 0 Å². The number of pyridine rings is 1. The van der Waals surface area contributed by atoms with E-state index in [9.17, 15) is 4.79 Å². The minimum atomic E-state index is -0.0692. The van der Waals surface area contributed by atoms with Gasteiger partial charge in [-0.1, -0.05) is 6.42 Å². The third-order valence-corrected chi connectivity index (χ3v) is 3.44. The van der Waals surface area contributed by atoms with Gasteiger partial charge in [0.15, 0.2) is 0 Å². The number of carbonyl (C=O) groups is 1. The smallest absolute Gasteiger partial charge is 0.229 e. The van der Waals surface area contributed by atoms with Crippen LogP contribution in [0.3, 0.4) is 0 Å². The molecule has 1 aliphatic carbocycles. The van der Waals surface area contributed by atoms with Crippen LogP contribution in [-0.2, 0) is 4.79 Å². The van der Waals surface area contributed by atoms with Crippen LogP contribution in [-0.4, -0.2) is 31.0 Å². The molecular formula is C13H20N4O.